The fraction of sp³-hybridized carbons (Fsp3) is 0.487. The van der Waals surface area contributed by atoms with Crippen molar-refractivity contribution in [1.29, 1.82) is 0 Å². The SMILES string of the molecule is COc1ccc2c(O[C@@H]3C[C@H]4C(=O)NC5(C(=O)O)CC5/C=C\CCCCC[C@H](NC(=O)OC5CCCC5)C(=O)N4C3)cc(-c3ccccn3)nc2c1. The standard InChI is InChI=1S/C39H45N5O8/c1-50-26-16-17-28-31(19-26)41-32(29-14-9-10-18-40-29)21-34(28)51-27-20-33-35(45)43-39(37(47)48)22-24(39)11-5-3-2-4-6-15-30(36(46)44(33)23-27)42-38(49)52-25-12-7-8-13-25/h5,9-11,14,16-19,21,24-25,27,30,33H,2-4,6-8,12-13,15,20,22-23H2,1H3,(H,42,49)(H,43,45)(H,47,48)/b11-5-/t24?,27-,30+,33+,39?/m1/s1. The predicted octanol–water partition coefficient (Wildman–Crippen LogP) is 5.17. The molecule has 13 heteroatoms. The molecule has 3 amide bonds. The topological polar surface area (TPSA) is 169 Å². The molecule has 7 rings (SSSR count). The number of hydrogen-bond donors (Lipinski definition) is 3. The van der Waals surface area contributed by atoms with Crippen LogP contribution in [0.4, 0.5) is 4.79 Å². The second-order valence-electron chi connectivity index (χ2n) is 14.2. The van der Waals surface area contributed by atoms with Crippen LogP contribution in [0.5, 0.6) is 11.5 Å². The van der Waals surface area contributed by atoms with Gasteiger partial charge in [-0.3, -0.25) is 14.6 Å². The van der Waals surface area contributed by atoms with E-state index in [-0.39, 0.29) is 31.4 Å². The number of ether oxygens (including phenoxy) is 3. The Morgan fingerprint density at radius 2 is 1.83 bits per heavy atom. The van der Waals surface area contributed by atoms with Crippen molar-refractivity contribution in [3.63, 3.8) is 0 Å². The number of allylic oxidation sites excluding steroid dienone is 1. The number of rotatable bonds is 7. The first-order valence-electron chi connectivity index (χ1n) is 18.3. The van der Waals surface area contributed by atoms with E-state index in [4.69, 9.17) is 19.2 Å². The predicted molar refractivity (Wildman–Crippen MR) is 191 cm³/mol. The maximum absolute atomic E-state index is 14.5. The molecule has 2 aliphatic carbocycles. The van der Waals surface area contributed by atoms with E-state index in [1.54, 1.807) is 31.5 Å². The number of alkyl carbamates (subject to hydrolysis) is 1. The minimum Gasteiger partial charge on any atom is -0.497 e. The van der Waals surface area contributed by atoms with Crippen LogP contribution in [0.1, 0.15) is 70.6 Å². The van der Waals surface area contributed by atoms with Gasteiger partial charge in [-0.15, -0.1) is 0 Å². The summed E-state index contributed by atoms with van der Waals surface area (Å²) in [5.41, 5.74) is 0.373. The highest BCUT2D eigenvalue weighted by Crippen LogP contribution is 2.45. The molecule has 1 saturated heterocycles. The molecule has 4 aliphatic rings. The van der Waals surface area contributed by atoms with Crippen LogP contribution in [0, 0.1) is 5.92 Å². The minimum absolute atomic E-state index is 0.0368. The van der Waals surface area contributed by atoms with Crippen molar-refractivity contribution in [2.75, 3.05) is 13.7 Å². The number of carbonyl (C=O) groups excluding carboxylic acids is 3. The Balaban J connectivity index is 1.20. The molecule has 4 heterocycles. The molecule has 2 aromatic heterocycles. The van der Waals surface area contributed by atoms with E-state index in [1.807, 2.05) is 36.4 Å². The Hall–Kier alpha value is -5.20. The summed E-state index contributed by atoms with van der Waals surface area (Å²) in [4.78, 5) is 64.9. The summed E-state index contributed by atoms with van der Waals surface area (Å²) in [6, 6.07) is 10.8. The van der Waals surface area contributed by atoms with Crippen molar-refractivity contribution in [1.82, 2.24) is 25.5 Å². The third-order valence-corrected chi connectivity index (χ3v) is 10.7. The first-order valence-corrected chi connectivity index (χ1v) is 18.3. The van der Waals surface area contributed by atoms with Gasteiger partial charge in [0.1, 0.15) is 41.3 Å². The summed E-state index contributed by atoms with van der Waals surface area (Å²) in [6.07, 6.45) is 11.4. The normalized spacial score (nSPS) is 27.4. The number of carboxylic acids is 1. The van der Waals surface area contributed by atoms with Gasteiger partial charge in [-0.25, -0.2) is 14.6 Å². The number of carbonyl (C=O) groups is 4. The Bertz CT molecular complexity index is 1850. The number of nitrogens with zero attached hydrogens (tertiary/aromatic N) is 3. The first-order chi connectivity index (χ1) is 25.2. The fourth-order valence-corrected chi connectivity index (χ4v) is 7.71. The molecule has 2 saturated carbocycles. The number of aromatic nitrogens is 2. The molecular formula is C39H45N5O8. The molecule has 1 aromatic carbocycles. The van der Waals surface area contributed by atoms with E-state index >= 15 is 0 Å². The molecule has 2 unspecified atom stereocenters. The lowest BCUT2D eigenvalue weighted by Crippen LogP contribution is -2.56. The van der Waals surface area contributed by atoms with Crippen LogP contribution in [0.2, 0.25) is 0 Å². The van der Waals surface area contributed by atoms with E-state index < -0.39 is 47.6 Å². The molecule has 2 aliphatic heterocycles. The van der Waals surface area contributed by atoms with Gasteiger partial charge in [0.25, 0.3) is 0 Å². The molecule has 3 aromatic rings. The molecule has 274 valence electrons. The molecule has 13 nitrogen and oxygen atoms in total. The molecule has 52 heavy (non-hydrogen) atoms. The van der Waals surface area contributed by atoms with Crippen molar-refractivity contribution in [3.05, 3.63) is 60.8 Å². The van der Waals surface area contributed by atoms with Crippen LogP contribution in [0.15, 0.2) is 60.8 Å². The molecule has 3 fully saturated rings. The second-order valence-corrected chi connectivity index (χ2v) is 14.2. The lowest BCUT2D eigenvalue weighted by atomic mass is 10.0. The number of pyridine rings is 2. The van der Waals surface area contributed by atoms with Gasteiger partial charge in [0.15, 0.2) is 0 Å². The van der Waals surface area contributed by atoms with Gasteiger partial charge in [0.05, 0.1) is 30.6 Å². The number of fused-ring (bicyclic) bond motifs is 3. The van der Waals surface area contributed by atoms with Crippen LogP contribution in [-0.2, 0) is 19.1 Å². The molecule has 5 atom stereocenters. The number of methoxy groups -OCH3 is 1. The highest BCUT2D eigenvalue weighted by atomic mass is 16.6. The van der Waals surface area contributed by atoms with Crippen molar-refractivity contribution in [3.8, 4) is 22.9 Å². The Kier molecular flexibility index (Phi) is 10.3. The van der Waals surface area contributed by atoms with E-state index in [9.17, 15) is 24.3 Å². The summed E-state index contributed by atoms with van der Waals surface area (Å²) >= 11 is 0. The van der Waals surface area contributed by atoms with E-state index in [0.717, 1.165) is 44.9 Å². The van der Waals surface area contributed by atoms with Gasteiger partial charge in [-0.2, -0.15) is 0 Å². The van der Waals surface area contributed by atoms with Crippen molar-refractivity contribution < 1.29 is 38.5 Å². The van der Waals surface area contributed by atoms with Crippen LogP contribution in [-0.4, -0.2) is 87.3 Å². The lowest BCUT2D eigenvalue weighted by Gasteiger charge is -2.29. The lowest BCUT2D eigenvalue weighted by molar-refractivity contribution is -0.145. The average Bonchev–Trinajstić information content (AvgIpc) is 3.41. The van der Waals surface area contributed by atoms with Gasteiger partial charge >= 0.3 is 12.1 Å². The molecule has 0 radical (unpaired) electrons. The Labute approximate surface area is 302 Å². The maximum atomic E-state index is 14.5. The smallest absolute Gasteiger partial charge is 0.408 e. The number of nitrogens with one attached hydrogen (secondary N) is 2. The zero-order valence-corrected chi connectivity index (χ0v) is 29.3. The summed E-state index contributed by atoms with van der Waals surface area (Å²) in [5, 5.41) is 16.6. The number of amides is 3. The Morgan fingerprint density at radius 3 is 2.60 bits per heavy atom. The van der Waals surface area contributed by atoms with Crippen LogP contribution in [0.3, 0.4) is 0 Å². The molecular weight excluding hydrogens is 666 g/mol. The van der Waals surface area contributed by atoms with Crippen LogP contribution in [0.25, 0.3) is 22.3 Å². The van der Waals surface area contributed by atoms with Crippen molar-refractivity contribution in [2.45, 2.75) is 100 Å². The van der Waals surface area contributed by atoms with Gasteiger partial charge in [-0.05, 0) is 75.6 Å². The van der Waals surface area contributed by atoms with E-state index in [2.05, 4.69) is 15.6 Å². The van der Waals surface area contributed by atoms with Crippen molar-refractivity contribution in [2.24, 2.45) is 5.92 Å². The molecule has 0 bridgehead atoms. The third-order valence-electron chi connectivity index (χ3n) is 10.7. The van der Waals surface area contributed by atoms with Gasteiger partial charge in [0.2, 0.25) is 11.8 Å². The first kappa shape index (κ1) is 35.2. The average molecular weight is 712 g/mol. The number of benzene rings is 1. The highest BCUT2D eigenvalue weighted by molar-refractivity contribution is 5.96. The molecule has 0 spiro atoms. The van der Waals surface area contributed by atoms with Crippen LogP contribution < -0.4 is 20.1 Å². The van der Waals surface area contributed by atoms with Crippen molar-refractivity contribution >= 4 is 34.8 Å². The zero-order valence-electron chi connectivity index (χ0n) is 29.3. The highest BCUT2D eigenvalue weighted by Gasteiger charge is 2.61. The fourth-order valence-electron chi connectivity index (χ4n) is 7.71. The van der Waals surface area contributed by atoms with Gasteiger partial charge in [0, 0.05) is 36.1 Å². The number of hydrogen-bond acceptors (Lipinski definition) is 9. The number of carboxylic acid groups (broad SMARTS) is 1. The summed E-state index contributed by atoms with van der Waals surface area (Å²) in [6.45, 7) is 0.0368. The van der Waals surface area contributed by atoms with E-state index in [0.29, 0.717) is 46.6 Å². The summed E-state index contributed by atoms with van der Waals surface area (Å²) < 4.78 is 17.8. The zero-order chi connectivity index (χ0) is 36.2. The van der Waals surface area contributed by atoms with E-state index in [1.165, 1.54) is 4.90 Å². The quantitative estimate of drug-likeness (QED) is 0.278. The summed E-state index contributed by atoms with van der Waals surface area (Å²) in [5.74, 6) is -1.36. The Morgan fingerprint density at radius 1 is 1.00 bits per heavy atom. The monoisotopic (exact) mass is 711 g/mol. The maximum Gasteiger partial charge on any atom is 0.408 e. The minimum atomic E-state index is -1.44. The van der Waals surface area contributed by atoms with Gasteiger partial charge < -0.3 is 34.9 Å². The second kappa shape index (κ2) is 15.2. The molecule has 3 N–H and O–H groups in total. The third kappa shape index (κ3) is 7.54. The number of aliphatic carboxylic acids is 1. The summed E-state index contributed by atoms with van der Waals surface area (Å²) in [7, 11) is 1.58. The van der Waals surface area contributed by atoms with Crippen LogP contribution >= 0.6 is 0 Å². The largest absolute Gasteiger partial charge is 0.497 e. The van der Waals surface area contributed by atoms with Gasteiger partial charge in [-0.1, -0.05) is 31.1 Å².